The Morgan fingerprint density at radius 3 is 2.55 bits per heavy atom. The number of nitrogen functional groups attached to an aromatic ring is 1. The third-order valence-corrected chi connectivity index (χ3v) is 4.06. The molecule has 0 spiro atoms. The van der Waals surface area contributed by atoms with E-state index in [1.165, 1.54) is 17.2 Å². The summed E-state index contributed by atoms with van der Waals surface area (Å²) in [6, 6.07) is 0. The summed E-state index contributed by atoms with van der Waals surface area (Å²) >= 11 is 0. The van der Waals surface area contributed by atoms with Crippen LogP contribution in [0.4, 0.5) is 14.6 Å². The second-order valence-corrected chi connectivity index (χ2v) is 4.98. The number of aromatic nitrogens is 4. The highest BCUT2D eigenvalue weighted by Crippen LogP contribution is 2.66. The molecule has 2 heterocycles. The number of anilines is 1. The van der Waals surface area contributed by atoms with Crippen molar-refractivity contribution in [1.82, 2.24) is 19.5 Å². The number of hydrogen-bond donors (Lipinski definition) is 3. The monoisotopic (exact) mass is 285 g/mol. The van der Waals surface area contributed by atoms with Crippen LogP contribution in [0, 0.1) is 11.3 Å². The zero-order valence-electron chi connectivity index (χ0n) is 10.4. The second-order valence-electron chi connectivity index (χ2n) is 4.98. The number of rotatable bonds is 4. The van der Waals surface area contributed by atoms with Crippen molar-refractivity contribution in [1.29, 1.82) is 0 Å². The lowest BCUT2D eigenvalue weighted by Crippen LogP contribution is -2.21. The first-order chi connectivity index (χ1) is 9.48. The first kappa shape index (κ1) is 13.1. The van der Waals surface area contributed by atoms with E-state index >= 15 is 0 Å². The van der Waals surface area contributed by atoms with Gasteiger partial charge in [-0.3, -0.25) is 0 Å². The highest BCUT2D eigenvalue weighted by Gasteiger charge is 2.80. The van der Waals surface area contributed by atoms with Crippen molar-refractivity contribution in [3.63, 3.8) is 0 Å². The Morgan fingerprint density at radius 1 is 1.25 bits per heavy atom. The molecule has 0 aromatic carbocycles. The summed E-state index contributed by atoms with van der Waals surface area (Å²) in [5, 5.41) is 18.3. The van der Waals surface area contributed by atoms with E-state index < -0.39 is 30.5 Å². The molecule has 4 N–H and O–H groups in total. The molecule has 2 aromatic rings. The molecule has 0 saturated heterocycles. The molecular weight excluding hydrogens is 272 g/mol. The van der Waals surface area contributed by atoms with Crippen LogP contribution in [0.1, 0.15) is 0 Å². The van der Waals surface area contributed by atoms with Gasteiger partial charge in [0.25, 0.3) is 5.92 Å². The third kappa shape index (κ3) is 1.47. The predicted molar refractivity (Wildman–Crippen MR) is 64.8 cm³/mol. The maximum Gasteiger partial charge on any atom is 0.264 e. The molecular formula is C11H13F2N5O2. The Bertz CT molecular complexity index is 655. The summed E-state index contributed by atoms with van der Waals surface area (Å²) in [6.07, 6.45) is 2.58. The van der Waals surface area contributed by atoms with Crippen LogP contribution in [-0.2, 0) is 6.54 Å². The fourth-order valence-electron chi connectivity index (χ4n) is 2.59. The number of aliphatic hydroxyl groups is 2. The molecule has 0 radical (unpaired) electrons. The molecule has 1 aliphatic carbocycles. The average Bonchev–Trinajstić information content (AvgIpc) is 2.73. The summed E-state index contributed by atoms with van der Waals surface area (Å²) in [7, 11) is 0. The van der Waals surface area contributed by atoms with Gasteiger partial charge in [-0.2, -0.15) is 0 Å². The lowest BCUT2D eigenvalue weighted by Gasteiger charge is -2.08. The molecule has 9 heteroatoms. The number of nitrogens with zero attached hydrogens (tertiary/aromatic N) is 4. The van der Waals surface area contributed by atoms with Gasteiger partial charge in [-0.1, -0.05) is 0 Å². The van der Waals surface area contributed by atoms with Crippen LogP contribution in [-0.4, -0.2) is 48.9 Å². The molecule has 1 fully saturated rings. The topological polar surface area (TPSA) is 110 Å². The fourth-order valence-corrected chi connectivity index (χ4v) is 2.59. The molecule has 1 aliphatic rings. The van der Waals surface area contributed by atoms with E-state index in [1.807, 2.05) is 0 Å². The minimum atomic E-state index is -3.12. The highest BCUT2D eigenvalue weighted by atomic mass is 19.3. The Hall–Kier alpha value is -1.87. The van der Waals surface area contributed by atoms with Gasteiger partial charge < -0.3 is 20.5 Å². The molecule has 0 bridgehead atoms. The van der Waals surface area contributed by atoms with Gasteiger partial charge in [-0.15, -0.1) is 0 Å². The molecule has 1 unspecified atom stereocenters. The van der Waals surface area contributed by atoms with E-state index in [0.717, 1.165) is 0 Å². The summed E-state index contributed by atoms with van der Waals surface area (Å²) in [5.74, 6) is -4.11. The Kier molecular flexibility index (Phi) is 2.67. The summed E-state index contributed by atoms with van der Waals surface area (Å²) in [6.45, 7) is -1.66. The van der Waals surface area contributed by atoms with Gasteiger partial charge in [0, 0.05) is 6.54 Å². The number of alkyl halides is 2. The van der Waals surface area contributed by atoms with E-state index in [0.29, 0.717) is 11.2 Å². The minimum absolute atomic E-state index is 0.110. The van der Waals surface area contributed by atoms with Crippen molar-refractivity contribution < 1.29 is 19.0 Å². The fraction of sp³-hybridized carbons (Fsp3) is 0.545. The molecule has 3 rings (SSSR count). The van der Waals surface area contributed by atoms with Crippen LogP contribution in [0.25, 0.3) is 11.2 Å². The van der Waals surface area contributed by atoms with Crippen LogP contribution < -0.4 is 5.73 Å². The largest absolute Gasteiger partial charge is 0.395 e. The van der Waals surface area contributed by atoms with E-state index in [1.54, 1.807) is 0 Å². The molecule has 2 aromatic heterocycles. The number of imidazole rings is 1. The zero-order valence-corrected chi connectivity index (χ0v) is 10.4. The molecule has 7 nitrogen and oxygen atoms in total. The molecule has 20 heavy (non-hydrogen) atoms. The quantitative estimate of drug-likeness (QED) is 0.708. The minimum Gasteiger partial charge on any atom is -0.395 e. The van der Waals surface area contributed by atoms with Gasteiger partial charge in [-0.05, 0) is 0 Å². The highest BCUT2D eigenvalue weighted by molar-refractivity contribution is 5.81. The normalized spacial score (nSPS) is 23.1. The second kappa shape index (κ2) is 4.06. The number of hydrogen-bond acceptors (Lipinski definition) is 6. The number of aliphatic hydroxyl groups excluding tert-OH is 2. The predicted octanol–water partition coefficient (Wildman–Crippen LogP) is -0.355. The lowest BCUT2D eigenvalue weighted by atomic mass is 10.1. The van der Waals surface area contributed by atoms with Crippen molar-refractivity contribution in [2.75, 3.05) is 18.9 Å². The van der Waals surface area contributed by atoms with Crippen LogP contribution in [0.5, 0.6) is 0 Å². The molecule has 0 aliphatic heterocycles. The summed E-state index contributed by atoms with van der Waals surface area (Å²) in [5.41, 5.74) is 4.54. The maximum atomic E-state index is 13.8. The molecule has 1 atom stereocenters. The van der Waals surface area contributed by atoms with Crippen LogP contribution in [0.3, 0.4) is 0 Å². The molecule has 1 saturated carbocycles. The standard InChI is InChI=1S/C11H13F2N5O2/c12-11(13)6(10(11,2-19)3-20)1-18-5-17-7-8(14)15-4-16-9(7)18/h4-6,19-20H,1-3H2,(H2,14,15,16). The van der Waals surface area contributed by atoms with Crippen LogP contribution in [0.2, 0.25) is 0 Å². The SMILES string of the molecule is Nc1ncnc2c1ncn2CC1C(F)(F)C1(CO)CO. The summed E-state index contributed by atoms with van der Waals surface area (Å²) < 4.78 is 29.0. The van der Waals surface area contributed by atoms with Crippen molar-refractivity contribution in [2.45, 2.75) is 12.5 Å². The number of nitrogens with two attached hydrogens (primary N) is 1. The third-order valence-electron chi connectivity index (χ3n) is 4.06. The van der Waals surface area contributed by atoms with Crippen molar-refractivity contribution >= 4 is 17.0 Å². The van der Waals surface area contributed by atoms with E-state index in [-0.39, 0.29) is 12.4 Å². The maximum absolute atomic E-state index is 13.8. The Morgan fingerprint density at radius 2 is 1.95 bits per heavy atom. The van der Waals surface area contributed by atoms with Crippen LogP contribution in [0.15, 0.2) is 12.7 Å². The van der Waals surface area contributed by atoms with Gasteiger partial charge >= 0.3 is 0 Å². The van der Waals surface area contributed by atoms with E-state index in [9.17, 15) is 8.78 Å². The van der Waals surface area contributed by atoms with Crippen molar-refractivity contribution in [3.8, 4) is 0 Å². The molecule has 108 valence electrons. The van der Waals surface area contributed by atoms with E-state index in [2.05, 4.69) is 15.0 Å². The first-order valence-corrected chi connectivity index (χ1v) is 5.99. The van der Waals surface area contributed by atoms with Crippen molar-refractivity contribution in [2.24, 2.45) is 11.3 Å². The molecule has 0 amide bonds. The van der Waals surface area contributed by atoms with Crippen LogP contribution >= 0.6 is 0 Å². The van der Waals surface area contributed by atoms with Gasteiger partial charge in [0.15, 0.2) is 11.5 Å². The smallest absolute Gasteiger partial charge is 0.264 e. The average molecular weight is 285 g/mol. The number of fused-ring (bicyclic) bond motifs is 1. The lowest BCUT2D eigenvalue weighted by molar-refractivity contribution is 0.00812. The Labute approximate surface area is 112 Å². The van der Waals surface area contributed by atoms with E-state index in [4.69, 9.17) is 15.9 Å². The zero-order chi connectivity index (χ0) is 14.5. The van der Waals surface area contributed by atoms with Crippen molar-refractivity contribution in [3.05, 3.63) is 12.7 Å². The van der Waals surface area contributed by atoms with Gasteiger partial charge in [0.1, 0.15) is 11.8 Å². The Balaban J connectivity index is 1.94. The first-order valence-electron chi connectivity index (χ1n) is 5.99. The number of halogens is 2. The summed E-state index contributed by atoms with van der Waals surface area (Å²) in [4.78, 5) is 11.7. The van der Waals surface area contributed by atoms with Gasteiger partial charge in [0.05, 0.1) is 30.9 Å². The van der Waals surface area contributed by atoms with Gasteiger partial charge in [-0.25, -0.2) is 23.7 Å². The van der Waals surface area contributed by atoms with Gasteiger partial charge in [0.2, 0.25) is 0 Å².